The van der Waals surface area contributed by atoms with E-state index in [-0.39, 0.29) is 17.3 Å². The summed E-state index contributed by atoms with van der Waals surface area (Å²) in [5.74, 6) is -0.483. The Morgan fingerprint density at radius 3 is 2.58 bits per heavy atom. The monoisotopic (exact) mass is 374 g/mol. The van der Waals surface area contributed by atoms with Gasteiger partial charge in [0.15, 0.2) is 5.76 Å². The minimum Gasteiger partial charge on any atom is -0.495 e. The average molecular weight is 374 g/mol. The fourth-order valence-electron chi connectivity index (χ4n) is 2.26. The highest BCUT2D eigenvalue weighted by Crippen LogP contribution is 2.27. The van der Waals surface area contributed by atoms with Crippen LogP contribution in [0.25, 0.3) is 11.3 Å². The summed E-state index contributed by atoms with van der Waals surface area (Å²) in [6.07, 6.45) is 1.42. The fraction of sp³-hybridized carbons (Fsp3) is 0.0588. The summed E-state index contributed by atoms with van der Waals surface area (Å²) in [6, 6.07) is 12.9. The number of hydrogen-bond acceptors (Lipinski definition) is 6. The zero-order valence-corrected chi connectivity index (χ0v) is 14.4. The van der Waals surface area contributed by atoms with E-state index >= 15 is 0 Å². The van der Waals surface area contributed by atoms with Gasteiger partial charge in [-0.25, -0.2) is 4.98 Å². The Morgan fingerprint density at radius 1 is 1.19 bits per heavy atom. The molecule has 0 saturated heterocycles. The zero-order valence-electron chi connectivity index (χ0n) is 13.5. The highest BCUT2D eigenvalue weighted by Gasteiger charge is 2.19. The van der Waals surface area contributed by atoms with Crippen LogP contribution in [0, 0.1) is 0 Å². The van der Waals surface area contributed by atoms with Crippen molar-refractivity contribution < 1.29 is 26.9 Å². The van der Waals surface area contributed by atoms with Crippen LogP contribution in [-0.4, -0.2) is 31.0 Å². The number of carbonyl (C=O) groups is 1. The first-order valence-electron chi connectivity index (χ1n) is 7.36. The molecule has 0 aliphatic rings. The van der Waals surface area contributed by atoms with Gasteiger partial charge in [-0.2, -0.15) is 8.42 Å². The maximum absolute atomic E-state index is 12.3. The molecule has 1 amide bonds. The molecule has 0 aliphatic heterocycles. The summed E-state index contributed by atoms with van der Waals surface area (Å²) in [5, 5.41) is 2.46. The summed E-state index contributed by atoms with van der Waals surface area (Å²) < 4.78 is 42.4. The molecular weight excluding hydrogens is 360 g/mol. The van der Waals surface area contributed by atoms with Crippen molar-refractivity contribution >= 4 is 21.7 Å². The minimum atomic E-state index is -4.52. The quantitative estimate of drug-likeness (QED) is 0.659. The van der Waals surface area contributed by atoms with Gasteiger partial charge in [0.05, 0.1) is 13.3 Å². The molecule has 0 bridgehead atoms. The van der Waals surface area contributed by atoms with Gasteiger partial charge in [-0.1, -0.05) is 30.3 Å². The Kier molecular flexibility index (Phi) is 4.74. The van der Waals surface area contributed by atoms with Crippen LogP contribution in [-0.2, 0) is 10.1 Å². The number of amides is 1. The molecule has 1 aromatic heterocycles. The maximum atomic E-state index is 12.3. The summed E-state index contributed by atoms with van der Waals surface area (Å²) >= 11 is 0. The molecule has 3 aromatic rings. The molecular formula is C17H14N2O6S. The van der Waals surface area contributed by atoms with E-state index in [1.165, 1.54) is 25.4 Å². The Bertz CT molecular complexity index is 1040. The molecule has 0 radical (unpaired) electrons. The summed E-state index contributed by atoms with van der Waals surface area (Å²) in [7, 11) is -3.25. The summed E-state index contributed by atoms with van der Waals surface area (Å²) in [6.45, 7) is 0. The second kappa shape index (κ2) is 6.98. The van der Waals surface area contributed by atoms with Crippen molar-refractivity contribution in [2.75, 3.05) is 12.4 Å². The zero-order chi connectivity index (χ0) is 18.7. The normalized spacial score (nSPS) is 11.2. The maximum Gasteiger partial charge on any atom is 0.311 e. The number of nitrogens with zero attached hydrogens (tertiary/aromatic N) is 1. The molecule has 134 valence electrons. The number of nitrogens with one attached hydrogen (secondary N) is 1. The van der Waals surface area contributed by atoms with Crippen molar-refractivity contribution in [3.05, 3.63) is 60.6 Å². The number of carbonyl (C=O) groups excluding carboxylic acids is 1. The molecule has 0 aliphatic carbocycles. The van der Waals surface area contributed by atoms with Gasteiger partial charge in [0.1, 0.15) is 10.6 Å². The van der Waals surface area contributed by atoms with E-state index in [2.05, 4.69) is 10.3 Å². The number of benzene rings is 2. The second-order valence-electron chi connectivity index (χ2n) is 5.19. The molecule has 2 aromatic carbocycles. The van der Waals surface area contributed by atoms with Crippen LogP contribution in [0.15, 0.2) is 64.0 Å². The van der Waals surface area contributed by atoms with E-state index in [0.717, 1.165) is 11.6 Å². The lowest BCUT2D eigenvalue weighted by Gasteiger charge is -2.08. The molecule has 0 atom stereocenters. The molecule has 26 heavy (non-hydrogen) atoms. The van der Waals surface area contributed by atoms with Crippen molar-refractivity contribution in [1.82, 2.24) is 4.98 Å². The molecule has 0 fully saturated rings. The third-order valence-corrected chi connectivity index (χ3v) is 4.33. The van der Waals surface area contributed by atoms with Gasteiger partial charge in [-0.05, 0) is 18.2 Å². The molecule has 9 heteroatoms. The standard InChI is InChI=1S/C17H14N2O6S/c1-24-13-8-7-12(9-15(13)26(21,22)23)19-16(20)17-18-10-14(25-17)11-5-3-2-4-6-11/h2-10H,1H3,(H,19,20)(H,21,22,23). The lowest BCUT2D eigenvalue weighted by atomic mass is 10.2. The van der Waals surface area contributed by atoms with E-state index in [1.54, 1.807) is 0 Å². The van der Waals surface area contributed by atoms with Crippen LogP contribution in [0.2, 0.25) is 0 Å². The predicted molar refractivity (Wildman–Crippen MR) is 92.7 cm³/mol. The smallest absolute Gasteiger partial charge is 0.311 e. The van der Waals surface area contributed by atoms with E-state index in [0.29, 0.717) is 5.76 Å². The van der Waals surface area contributed by atoms with Crippen LogP contribution in [0.1, 0.15) is 10.7 Å². The van der Waals surface area contributed by atoms with Crippen molar-refractivity contribution in [3.8, 4) is 17.1 Å². The van der Waals surface area contributed by atoms with Gasteiger partial charge in [0.25, 0.3) is 16.0 Å². The lowest BCUT2D eigenvalue weighted by Crippen LogP contribution is -2.13. The number of aromatic nitrogens is 1. The third-order valence-electron chi connectivity index (χ3n) is 3.46. The molecule has 8 nitrogen and oxygen atoms in total. The number of anilines is 1. The lowest BCUT2D eigenvalue weighted by molar-refractivity contribution is 0.0991. The Labute approximate surface area is 149 Å². The number of ether oxygens (including phenoxy) is 1. The Hall–Kier alpha value is -3.17. The minimum absolute atomic E-state index is 0.0482. The third kappa shape index (κ3) is 3.73. The first kappa shape index (κ1) is 17.6. The summed E-state index contributed by atoms with van der Waals surface area (Å²) in [5.41, 5.74) is 0.889. The van der Waals surface area contributed by atoms with Gasteiger partial charge in [-0.15, -0.1) is 0 Å². The van der Waals surface area contributed by atoms with Gasteiger partial charge < -0.3 is 14.5 Å². The first-order chi connectivity index (χ1) is 12.4. The number of methoxy groups -OCH3 is 1. The van der Waals surface area contributed by atoms with E-state index in [9.17, 15) is 17.8 Å². The number of oxazole rings is 1. The van der Waals surface area contributed by atoms with Gasteiger partial charge in [0, 0.05) is 11.3 Å². The van der Waals surface area contributed by atoms with Crippen molar-refractivity contribution in [3.63, 3.8) is 0 Å². The molecule has 0 spiro atoms. The SMILES string of the molecule is COc1ccc(NC(=O)c2ncc(-c3ccccc3)o2)cc1S(=O)(=O)O. The van der Waals surface area contributed by atoms with Crippen LogP contribution in [0.4, 0.5) is 5.69 Å². The van der Waals surface area contributed by atoms with Crippen molar-refractivity contribution in [2.45, 2.75) is 4.90 Å². The van der Waals surface area contributed by atoms with Crippen LogP contribution in [0.3, 0.4) is 0 Å². The highest BCUT2D eigenvalue weighted by atomic mass is 32.2. The van der Waals surface area contributed by atoms with Crippen molar-refractivity contribution in [1.29, 1.82) is 0 Å². The van der Waals surface area contributed by atoms with Gasteiger partial charge in [-0.3, -0.25) is 9.35 Å². The predicted octanol–water partition coefficient (Wildman–Crippen LogP) is 2.85. The Balaban J connectivity index is 1.84. The average Bonchev–Trinajstić information content (AvgIpc) is 3.12. The highest BCUT2D eigenvalue weighted by molar-refractivity contribution is 7.86. The Morgan fingerprint density at radius 2 is 1.92 bits per heavy atom. The van der Waals surface area contributed by atoms with E-state index in [4.69, 9.17) is 9.15 Å². The molecule has 3 rings (SSSR count). The molecule has 1 heterocycles. The summed E-state index contributed by atoms with van der Waals surface area (Å²) in [4.78, 5) is 15.7. The van der Waals surface area contributed by atoms with Gasteiger partial charge in [0.2, 0.25) is 0 Å². The molecule has 0 unspecified atom stereocenters. The van der Waals surface area contributed by atoms with Crippen LogP contribution >= 0.6 is 0 Å². The van der Waals surface area contributed by atoms with E-state index < -0.39 is 20.9 Å². The topological polar surface area (TPSA) is 119 Å². The largest absolute Gasteiger partial charge is 0.495 e. The van der Waals surface area contributed by atoms with Gasteiger partial charge >= 0.3 is 5.91 Å². The number of hydrogen-bond donors (Lipinski definition) is 2. The van der Waals surface area contributed by atoms with E-state index in [1.807, 2.05) is 30.3 Å². The second-order valence-corrected chi connectivity index (χ2v) is 6.58. The van der Waals surface area contributed by atoms with Crippen molar-refractivity contribution in [2.24, 2.45) is 0 Å². The van der Waals surface area contributed by atoms with Crippen LogP contribution < -0.4 is 10.1 Å². The van der Waals surface area contributed by atoms with Crippen LogP contribution in [0.5, 0.6) is 5.75 Å². The first-order valence-corrected chi connectivity index (χ1v) is 8.80. The fourth-order valence-corrected chi connectivity index (χ4v) is 2.94. The molecule has 2 N–H and O–H groups in total. The number of rotatable bonds is 5. The molecule has 0 saturated carbocycles.